The van der Waals surface area contributed by atoms with E-state index in [1.165, 1.54) is 12.1 Å². The Morgan fingerprint density at radius 1 is 0.943 bits per heavy atom. The minimum Gasteiger partial charge on any atom is -0.449 e. The molecule has 0 saturated carbocycles. The molecule has 0 aromatic heterocycles. The van der Waals surface area contributed by atoms with Gasteiger partial charge in [-0.05, 0) is 42.5 Å². The van der Waals surface area contributed by atoms with Crippen molar-refractivity contribution in [3.63, 3.8) is 0 Å². The smallest absolute Gasteiger partial charge is 0.318 e. The highest BCUT2D eigenvalue weighted by molar-refractivity contribution is 8.18. The third kappa shape index (κ3) is 5.20. The fourth-order valence-corrected chi connectivity index (χ4v) is 4.26. The Morgan fingerprint density at radius 3 is 2.43 bits per heavy atom. The fraction of sp³-hybridized carbons (Fsp3) is 0.0833. The standard InChI is InChI=1S/C24H17N3O7S/c1-15-5-4-6-16(11-15)14-25-23(28)22(35-24(25)29)12-17-7-2-3-8-20(17)34-21-10-9-18(26(30)31)13-19(21)27(32)33/h2-13H,14H2,1H3/b22-12+. The summed E-state index contributed by atoms with van der Waals surface area (Å²) in [7, 11) is 0. The molecule has 0 bridgehead atoms. The van der Waals surface area contributed by atoms with Gasteiger partial charge in [0.25, 0.3) is 16.8 Å². The molecule has 35 heavy (non-hydrogen) atoms. The zero-order chi connectivity index (χ0) is 25.1. The van der Waals surface area contributed by atoms with Crippen LogP contribution in [-0.2, 0) is 11.3 Å². The van der Waals surface area contributed by atoms with Crippen molar-refractivity contribution in [1.29, 1.82) is 0 Å². The Hall–Kier alpha value is -4.51. The molecule has 1 saturated heterocycles. The fourth-order valence-electron chi connectivity index (χ4n) is 3.43. The van der Waals surface area contributed by atoms with Gasteiger partial charge in [0.05, 0.1) is 27.4 Å². The number of carbonyl (C=O) groups excluding carboxylic acids is 2. The van der Waals surface area contributed by atoms with E-state index in [1.54, 1.807) is 18.2 Å². The number of benzene rings is 3. The van der Waals surface area contributed by atoms with Gasteiger partial charge >= 0.3 is 5.69 Å². The van der Waals surface area contributed by atoms with Crippen LogP contribution in [0.5, 0.6) is 11.5 Å². The highest BCUT2D eigenvalue weighted by Crippen LogP contribution is 2.38. The monoisotopic (exact) mass is 491 g/mol. The topological polar surface area (TPSA) is 133 Å². The second-order valence-electron chi connectivity index (χ2n) is 7.56. The van der Waals surface area contributed by atoms with Gasteiger partial charge in [-0.3, -0.25) is 34.7 Å². The number of ether oxygens (including phenoxy) is 1. The normalized spacial score (nSPS) is 14.4. The summed E-state index contributed by atoms with van der Waals surface area (Å²) in [6, 6.07) is 17.0. The first kappa shape index (κ1) is 23.6. The summed E-state index contributed by atoms with van der Waals surface area (Å²) in [6.07, 6.45) is 1.48. The number of hydrogen-bond donors (Lipinski definition) is 0. The van der Waals surface area contributed by atoms with Crippen LogP contribution < -0.4 is 4.74 Å². The molecule has 0 atom stereocenters. The molecule has 1 aliphatic rings. The van der Waals surface area contributed by atoms with Crippen LogP contribution in [0.25, 0.3) is 6.08 Å². The van der Waals surface area contributed by atoms with Crippen molar-refractivity contribution in [2.75, 3.05) is 0 Å². The highest BCUT2D eigenvalue weighted by atomic mass is 32.2. The summed E-state index contributed by atoms with van der Waals surface area (Å²) in [5.74, 6) is -0.485. The van der Waals surface area contributed by atoms with Crippen molar-refractivity contribution in [3.8, 4) is 11.5 Å². The van der Waals surface area contributed by atoms with Gasteiger partial charge in [0.1, 0.15) is 5.75 Å². The van der Waals surface area contributed by atoms with E-state index in [1.807, 2.05) is 31.2 Å². The molecule has 4 rings (SSSR count). The average Bonchev–Trinajstić information content (AvgIpc) is 3.07. The van der Waals surface area contributed by atoms with E-state index in [-0.39, 0.29) is 22.9 Å². The van der Waals surface area contributed by atoms with Gasteiger partial charge in [0.2, 0.25) is 5.75 Å². The molecule has 0 radical (unpaired) electrons. The number of aryl methyl sites for hydroxylation is 1. The molecule has 0 spiro atoms. The lowest BCUT2D eigenvalue weighted by Crippen LogP contribution is -2.27. The van der Waals surface area contributed by atoms with E-state index in [4.69, 9.17) is 4.74 Å². The second-order valence-corrected chi connectivity index (χ2v) is 8.56. The molecule has 0 aliphatic carbocycles. The summed E-state index contributed by atoms with van der Waals surface area (Å²) < 4.78 is 5.72. The number of thioether (sulfide) groups is 1. The lowest BCUT2D eigenvalue weighted by molar-refractivity contribution is -0.394. The number of para-hydroxylation sites is 1. The van der Waals surface area contributed by atoms with E-state index in [9.17, 15) is 29.8 Å². The van der Waals surface area contributed by atoms with Crippen LogP contribution in [-0.4, -0.2) is 25.9 Å². The number of nitrogens with zero attached hydrogens (tertiary/aromatic N) is 3. The summed E-state index contributed by atoms with van der Waals surface area (Å²) in [6.45, 7) is 2.06. The van der Waals surface area contributed by atoms with Gasteiger partial charge in [-0.25, -0.2) is 0 Å². The van der Waals surface area contributed by atoms with Crippen molar-refractivity contribution >= 4 is 40.4 Å². The molecule has 1 aliphatic heterocycles. The molecule has 3 aromatic rings. The maximum Gasteiger partial charge on any atom is 0.318 e. The van der Waals surface area contributed by atoms with Gasteiger partial charge in [0, 0.05) is 11.6 Å². The molecular weight excluding hydrogens is 474 g/mol. The first-order valence-electron chi connectivity index (χ1n) is 10.2. The number of imide groups is 1. The van der Waals surface area contributed by atoms with E-state index in [0.717, 1.165) is 46.0 Å². The Bertz CT molecular complexity index is 1400. The zero-order valence-electron chi connectivity index (χ0n) is 18.2. The second kappa shape index (κ2) is 9.77. The largest absolute Gasteiger partial charge is 0.449 e. The molecule has 1 heterocycles. The Morgan fingerprint density at radius 2 is 1.71 bits per heavy atom. The number of nitro groups is 2. The Labute approximate surface area is 203 Å². The van der Waals surface area contributed by atoms with Crippen molar-refractivity contribution in [2.45, 2.75) is 13.5 Å². The number of amides is 2. The van der Waals surface area contributed by atoms with Crippen LogP contribution in [0.4, 0.5) is 16.2 Å². The number of rotatable bonds is 7. The van der Waals surface area contributed by atoms with E-state index < -0.39 is 32.4 Å². The van der Waals surface area contributed by atoms with Gasteiger partial charge in [-0.1, -0.05) is 48.0 Å². The summed E-state index contributed by atoms with van der Waals surface area (Å²) in [5.41, 5.74) is 1.22. The van der Waals surface area contributed by atoms with Crippen molar-refractivity contribution in [1.82, 2.24) is 4.90 Å². The van der Waals surface area contributed by atoms with Crippen LogP contribution in [0.3, 0.4) is 0 Å². The van der Waals surface area contributed by atoms with E-state index >= 15 is 0 Å². The predicted molar refractivity (Wildman–Crippen MR) is 129 cm³/mol. The number of hydrogen-bond acceptors (Lipinski definition) is 8. The molecule has 176 valence electrons. The maximum atomic E-state index is 12.9. The summed E-state index contributed by atoms with van der Waals surface area (Å²) in [5, 5.41) is 22.0. The SMILES string of the molecule is Cc1cccc(CN2C(=O)S/C(=C/c3ccccc3Oc3ccc([N+](=O)[O-])cc3[N+](=O)[O-])C2=O)c1. The van der Waals surface area contributed by atoms with Gasteiger partial charge in [-0.15, -0.1) is 0 Å². The molecule has 1 fully saturated rings. The zero-order valence-corrected chi connectivity index (χ0v) is 19.1. The number of carbonyl (C=O) groups is 2. The molecule has 0 unspecified atom stereocenters. The molecule has 10 nitrogen and oxygen atoms in total. The highest BCUT2D eigenvalue weighted by Gasteiger charge is 2.35. The lowest BCUT2D eigenvalue weighted by atomic mass is 10.1. The number of nitro benzene ring substituents is 2. The minimum atomic E-state index is -0.776. The van der Waals surface area contributed by atoms with Gasteiger partial charge < -0.3 is 4.74 Å². The Kier molecular flexibility index (Phi) is 6.60. The quantitative estimate of drug-likeness (QED) is 0.229. The van der Waals surface area contributed by atoms with Crippen LogP contribution in [0.1, 0.15) is 16.7 Å². The molecule has 0 N–H and O–H groups in total. The number of non-ortho nitro benzene ring substituents is 1. The first-order chi connectivity index (χ1) is 16.7. The van der Waals surface area contributed by atoms with Crippen molar-refractivity contribution < 1.29 is 24.2 Å². The van der Waals surface area contributed by atoms with Crippen molar-refractivity contribution in [2.24, 2.45) is 0 Å². The minimum absolute atomic E-state index is 0.136. The van der Waals surface area contributed by atoms with Crippen LogP contribution >= 0.6 is 11.8 Å². The molecule has 3 aromatic carbocycles. The average molecular weight is 491 g/mol. The maximum absolute atomic E-state index is 12.9. The lowest BCUT2D eigenvalue weighted by Gasteiger charge is -2.13. The summed E-state index contributed by atoms with van der Waals surface area (Å²) >= 11 is 0.788. The predicted octanol–water partition coefficient (Wildman–Crippen LogP) is 5.84. The first-order valence-corrected chi connectivity index (χ1v) is 11.0. The molecular formula is C24H17N3O7S. The Balaban J connectivity index is 1.62. The van der Waals surface area contributed by atoms with Crippen LogP contribution in [0.2, 0.25) is 0 Å². The third-order valence-electron chi connectivity index (χ3n) is 5.07. The molecule has 2 amide bonds. The van der Waals surface area contributed by atoms with Crippen LogP contribution in [0.15, 0.2) is 71.6 Å². The van der Waals surface area contributed by atoms with E-state index in [0.29, 0.717) is 5.56 Å². The molecule has 11 heteroatoms. The van der Waals surface area contributed by atoms with Crippen molar-refractivity contribution in [3.05, 3.63) is 109 Å². The third-order valence-corrected chi connectivity index (χ3v) is 5.98. The summed E-state index contributed by atoms with van der Waals surface area (Å²) in [4.78, 5) is 47.7. The van der Waals surface area contributed by atoms with Gasteiger partial charge in [-0.2, -0.15) is 0 Å². The van der Waals surface area contributed by atoms with E-state index in [2.05, 4.69) is 0 Å². The van der Waals surface area contributed by atoms with Crippen LogP contribution in [0, 0.1) is 27.2 Å². The van der Waals surface area contributed by atoms with Gasteiger partial charge in [0.15, 0.2) is 0 Å².